The predicted molar refractivity (Wildman–Crippen MR) is 114 cm³/mol. The molecule has 33 heavy (non-hydrogen) atoms. The zero-order chi connectivity index (χ0) is 23.1. The van der Waals surface area contributed by atoms with E-state index in [9.17, 15) is 14.4 Å². The number of nitrogens with zero attached hydrogens (tertiary/aromatic N) is 3. The van der Waals surface area contributed by atoms with E-state index in [1.165, 1.54) is 11.3 Å². The highest BCUT2D eigenvalue weighted by Crippen LogP contribution is 2.49. The van der Waals surface area contributed by atoms with Crippen molar-refractivity contribution in [3.8, 4) is 10.6 Å². The first-order chi connectivity index (χ1) is 15.8. The topological polar surface area (TPSA) is 127 Å². The Morgan fingerprint density at radius 2 is 2.00 bits per heavy atom. The lowest BCUT2D eigenvalue weighted by Gasteiger charge is -2.55. The molecule has 3 aromatic rings. The van der Waals surface area contributed by atoms with Crippen LogP contribution < -0.4 is 15.5 Å². The minimum Gasteiger partial charge on any atom is -0.372 e. The van der Waals surface area contributed by atoms with Crippen molar-refractivity contribution in [3.05, 3.63) is 29.2 Å². The summed E-state index contributed by atoms with van der Waals surface area (Å²) in [7, 11) is 0. The van der Waals surface area contributed by atoms with Crippen LogP contribution in [-0.4, -0.2) is 52.8 Å². The number of halogens is 1. The van der Waals surface area contributed by atoms with Gasteiger partial charge in [-0.1, -0.05) is 5.16 Å². The Kier molecular flexibility index (Phi) is 4.18. The molecule has 5 heterocycles. The van der Waals surface area contributed by atoms with E-state index in [1.54, 1.807) is 29.6 Å². The van der Waals surface area contributed by atoms with E-state index in [0.29, 0.717) is 21.5 Å². The molecular weight excluding hydrogens is 453 g/mol. The Balaban J connectivity index is 1.61. The average Bonchev–Trinajstić information content (AvgIpc) is 3.41. The number of urea groups is 1. The van der Waals surface area contributed by atoms with Gasteiger partial charge in [-0.2, -0.15) is 0 Å². The van der Waals surface area contributed by atoms with Crippen molar-refractivity contribution in [2.24, 2.45) is 5.41 Å². The number of anilines is 1. The van der Waals surface area contributed by atoms with Gasteiger partial charge in [0, 0.05) is 19.2 Å². The fourth-order valence-corrected chi connectivity index (χ4v) is 6.07. The molecule has 3 aliphatic rings. The van der Waals surface area contributed by atoms with Crippen molar-refractivity contribution < 1.29 is 28.0 Å². The predicted octanol–water partition coefficient (Wildman–Crippen LogP) is 1.98. The zero-order valence-electron chi connectivity index (χ0n) is 17.5. The molecule has 1 spiro atoms. The first-order valence-electron chi connectivity index (χ1n) is 10.4. The number of rotatable bonds is 1. The Morgan fingerprint density at radius 3 is 2.70 bits per heavy atom. The molecule has 2 aromatic heterocycles. The van der Waals surface area contributed by atoms with Crippen LogP contribution in [0.25, 0.3) is 21.5 Å². The van der Waals surface area contributed by atoms with E-state index in [2.05, 4.69) is 20.8 Å². The van der Waals surface area contributed by atoms with E-state index < -0.39 is 41.2 Å². The second-order valence-electron chi connectivity index (χ2n) is 8.61. The third-order valence-corrected chi connectivity index (χ3v) is 7.41. The second kappa shape index (κ2) is 6.81. The summed E-state index contributed by atoms with van der Waals surface area (Å²) >= 11 is 1.33. The monoisotopic (exact) mass is 471 g/mol. The Labute approximate surface area is 190 Å². The third-order valence-electron chi connectivity index (χ3n) is 6.63. The first-order valence-corrected chi connectivity index (χ1v) is 11.3. The highest BCUT2D eigenvalue weighted by atomic mass is 32.1. The summed E-state index contributed by atoms with van der Waals surface area (Å²) in [5.41, 5.74) is 1.08. The van der Waals surface area contributed by atoms with Gasteiger partial charge in [0.15, 0.2) is 11.2 Å². The summed E-state index contributed by atoms with van der Waals surface area (Å²) in [5.74, 6) is -2.06. The lowest BCUT2D eigenvalue weighted by Crippen LogP contribution is -2.75. The number of morpholine rings is 1. The standard InChI is InChI=1S/C21H18FN5O5S/c1-8-6-27-15-10(3-11-14(12-5-23-7-33-12)26-32-16(11)13(15)22)4-21(17(27)9(2)31-8)18(28)24-20(30)25-19(21)29/h3,5,7-9,17H,4,6H2,1-2H3,(H2,24,25,28,29,30)/t8-,9+,17-/m1/s1. The molecular formula is C21H18FN5O5S. The number of hydrogen-bond donors (Lipinski definition) is 2. The van der Waals surface area contributed by atoms with Gasteiger partial charge in [-0.15, -0.1) is 11.3 Å². The number of fused-ring (bicyclic) bond motifs is 5. The number of imide groups is 2. The number of carbonyl (C=O) groups is 3. The van der Waals surface area contributed by atoms with Gasteiger partial charge in [-0.3, -0.25) is 25.2 Å². The summed E-state index contributed by atoms with van der Waals surface area (Å²) in [6.45, 7) is 3.82. The van der Waals surface area contributed by atoms with Gasteiger partial charge in [-0.25, -0.2) is 9.18 Å². The molecule has 3 aliphatic heterocycles. The van der Waals surface area contributed by atoms with Crippen LogP contribution in [0.4, 0.5) is 14.9 Å². The number of aromatic nitrogens is 2. The summed E-state index contributed by atoms with van der Waals surface area (Å²) in [4.78, 5) is 44.7. The fourth-order valence-electron chi connectivity index (χ4n) is 5.46. The van der Waals surface area contributed by atoms with Gasteiger partial charge >= 0.3 is 6.03 Å². The van der Waals surface area contributed by atoms with Crippen LogP contribution in [0.2, 0.25) is 0 Å². The van der Waals surface area contributed by atoms with E-state index in [4.69, 9.17) is 9.26 Å². The van der Waals surface area contributed by atoms with Crippen LogP contribution in [0.5, 0.6) is 0 Å². The van der Waals surface area contributed by atoms with Crippen molar-refractivity contribution in [2.75, 3.05) is 11.4 Å². The van der Waals surface area contributed by atoms with E-state index >= 15 is 4.39 Å². The Morgan fingerprint density at radius 1 is 1.24 bits per heavy atom. The SMILES string of the molecule is C[C@@H]1CN2c3c(cc4c(-c5cncs5)noc4c3F)CC3(C(=O)NC(=O)NC3=O)[C@H]2[C@H](C)O1. The summed E-state index contributed by atoms with van der Waals surface area (Å²) in [6.07, 6.45) is 0.615. The largest absolute Gasteiger partial charge is 0.372 e. The molecule has 0 aliphatic carbocycles. The molecule has 0 unspecified atom stereocenters. The molecule has 6 rings (SSSR count). The Bertz CT molecular complexity index is 1320. The van der Waals surface area contributed by atoms with E-state index in [0.717, 1.165) is 0 Å². The molecule has 0 saturated carbocycles. The van der Waals surface area contributed by atoms with Crippen LogP contribution in [-0.2, 0) is 20.7 Å². The number of benzene rings is 1. The highest BCUT2D eigenvalue weighted by molar-refractivity contribution is 7.13. The van der Waals surface area contributed by atoms with Crippen molar-refractivity contribution in [3.63, 3.8) is 0 Å². The van der Waals surface area contributed by atoms with Crippen LogP contribution >= 0.6 is 11.3 Å². The molecule has 10 nitrogen and oxygen atoms in total. The third kappa shape index (κ3) is 2.64. The van der Waals surface area contributed by atoms with Crippen molar-refractivity contribution in [1.82, 2.24) is 20.8 Å². The maximum atomic E-state index is 16.0. The molecule has 0 radical (unpaired) electrons. The molecule has 12 heteroatoms. The fraction of sp³-hybridized carbons (Fsp3) is 0.381. The summed E-state index contributed by atoms with van der Waals surface area (Å²) < 4.78 is 27.3. The van der Waals surface area contributed by atoms with Gasteiger partial charge < -0.3 is 14.2 Å². The molecule has 1 aromatic carbocycles. The number of ether oxygens (including phenoxy) is 1. The zero-order valence-corrected chi connectivity index (χ0v) is 18.4. The van der Waals surface area contributed by atoms with Crippen LogP contribution in [0.15, 0.2) is 22.3 Å². The van der Waals surface area contributed by atoms with Crippen LogP contribution in [0.1, 0.15) is 19.4 Å². The number of amides is 4. The van der Waals surface area contributed by atoms with Gasteiger partial charge in [0.25, 0.3) is 0 Å². The minimum absolute atomic E-state index is 0.00799. The van der Waals surface area contributed by atoms with Gasteiger partial charge in [0.1, 0.15) is 5.69 Å². The van der Waals surface area contributed by atoms with Gasteiger partial charge in [-0.05, 0) is 25.5 Å². The quantitative estimate of drug-likeness (QED) is 0.516. The minimum atomic E-state index is -1.68. The van der Waals surface area contributed by atoms with Crippen molar-refractivity contribution >= 4 is 45.8 Å². The highest BCUT2D eigenvalue weighted by Gasteiger charge is 2.63. The molecule has 170 valence electrons. The number of nitrogens with one attached hydrogen (secondary N) is 2. The summed E-state index contributed by atoms with van der Waals surface area (Å²) in [5, 5.41) is 8.93. The van der Waals surface area contributed by atoms with Crippen molar-refractivity contribution in [1.29, 1.82) is 0 Å². The average molecular weight is 471 g/mol. The lowest BCUT2D eigenvalue weighted by atomic mass is 9.66. The molecule has 3 atom stereocenters. The smallest absolute Gasteiger partial charge is 0.328 e. The van der Waals surface area contributed by atoms with E-state index in [1.807, 2.05) is 6.92 Å². The molecule has 0 bridgehead atoms. The second-order valence-corrected chi connectivity index (χ2v) is 9.49. The molecule has 2 fully saturated rings. The van der Waals surface area contributed by atoms with Crippen molar-refractivity contribution in [2.45, 2.75) is 38.5 Å². The Hall–Kier alpha value is -3.38. The molecule has 2 N–H and O–H groups in total. The molecule has 2 saturated heterocycles. The van der Waals surface area contributed by atoms with Crippen LogP contribution in [0, 0.1) is 11.2 Å². The number of barbiturate groups is 1. The van der Waals surface area contributed by atoms with Gasteiger partial charge in [0.2, 0.25) is 17.4 Å². The molecule has 4 amide bonds. The van der Waals surface area contributed by atoms with E-state index in [-0.39, 0.29) is 30.3 Å². The summed E-state index contributed by atoms with van der Waals surface area (Å²) in [6, 6.07) is 0.00277. The number of hydrogen-bond acceptors (Lipinski definition) is 9. The first kappa shape index (κ1) is 20.2. The van der Waals surface area contributed by atoms with Crippen LogP contribution in [0.3, 0.4) is 0 Å². The number of thiazole rings is 1. The maximum Gasteiger partial charge on any atom is 0.328 e. The van der Waals surface area contributed by atoms with Gasteiger partial charge in [0.05, 0.1) is 39.7 Å². The number of carbonyl (C=O) groups excluding carboxylic acids is 3. The lowest BCUT2D eigenvalue weighted by molar-refractivity contribution is -0.153. The maximum absolute atomic E-state index is 16.0. The normalized spacial score (nSPS) is 26.2.